The van der Waals surface area contributed by atoms with Gasteiger partial charge >= 0.3 is 0 Å². The summed E-state index contributed by atoms with van der Waals surface area (Å²) < 4.78 is 56.1. The largest absolute Gasteiger partial charge is 0.354 e. The number of aryl methyl sites for hydroxylation is 1. The zero-order valence-electron chi connectivity index (χ0n) is 15.3. The van der Waals surface area contributed by atoms with Crippen molar-refractivity contribution in [1.82, 2.24) is 19.6 Å². The molecule has 27 heavy (non-hydrogen) atoms. The van der Waals surface area contributed by atoms with Crippen LogP contribution in [-0.4, -0.2) is 33.7 Å². The number of aromatic nitrogens is 4. The molecule has 0 aliphatic heterocycles. The minimum Gasteiger partial charge on any atom is -0.354 e. The van der Waals surface area contributed by atoms with Crippen molar-refractivity contribution in [2.24, 2.45) is 7.05 Å². The average molecular weight is 394 g/mol. The maximum absolute atomic E-state index is 14.9. The van der Waals surface area contributed by atoms with Crippen molar-refractivity contribution in [3.05, 3.63) is 53.5 Å². The normalized spacial score (nSPS) is 11.9. The van der Waals surface area contributed by atoms with Gasteiger partial charge in [0.25, 0.3) is 0 Å². The van der Waals surface area contributed by atoms with Gasteiger partial charge in [-0.05, 0) is 25.5 Å². The van der Waals surface area contributed by atoms with Gasteiger partial charge in [-0.3, -0.25) is 0 Å². The Morgan fingerprint density at radius 2 is 1.93 bits per heavy atom. The fourth-order valence-electron chi connectivity index (χ4n) is 2.90. The standard InChI is InChI=1S/C18H20F2N4O2S/c1-4-9-27(25,26)11-13-5-6-15(19)18(17(13)20)24-10-16(21-22-24)14-7-8-23(3)12(14)2/h5-8,10H,4,9,11H2,1-3H3. The zero-order valence-corrected chi connectivity index (χ0v) is 16.1. The molecule has 2 heterocycles. The fraction of sp³-hybridized carbons (Fsp3) is 0.333. The van der Waals surface area contributed by atoms with E-state index in [-0.39, 0.29) is 11.3 Å². The van der Waals surface area contributed by atoms with Crippen LogP contribution in [0.25, 0.3) is 16.9 Å². The third-order valence-corrected chi connectivity index (χ3v) is 6.20. The number of halogens is 2. The second-order valence-corrected chi connectivity index (χ2v) is 8.62. The lowest BCUT2D eigenvalue weighted by Crippen LogP contribution is -2.12. The van der Waals surface area contributed by atoms with Crippen LogP contribution in [0.15, 0.2) is 30.6 Å². The van der Waals surface area contributed by atoms with E-state index in [4.69, 9.17) is 0 Å². The Kier molecular flexibility index (Phi) is 5.14. The zero-order chi connectivity index (χ0) is 19.8. The first-order valence-corrected chi connectivity index (χ1v) is 10.3. The molecule has 9 heteroatoms. The van der Waals surface area contributed by atoms with E-state index in [1.807, 2.05) is 30.8 Å². The quantitative estimate of drug-likeness (QED) is 0.644. The van der Waals surface area contributed by atoms with E-state index in [1.165, 1.54) is 6.20 Å². The molecule has 0 saturated carbocycles. The van der Waals surface area contributed by atoms with Crippen molar-refractivity contribution in [1.29, 1.82) is 0 Å². The maximum Gasteiger partial charge on any atom is 0.156 e. The van der Waals surface area contributed by atoms with Crippen molar-refractivity contribution in [2.45, 2.75) is 26.0 Å². The molecule has 2 aromatic heterocycles. The molecule has 0 spiro atoms. The number of rotatable bonds is 6. The van der Waals surface area contributed by atoms with Gasteiger partial charge in [-0.15, -0.1) is 5.10 Å². The molecule has 0 bridgehead atoms. The topological polar surface area (TPSA) is 69.8 Å². The summed E-state index contributed by atoms with van der Waals surface area (Å²) in [6.07, 6.45) is 3.71. The SMILES string of the molecule is CCCS(=O)(=O)Cc1ccc(F)c(-n2cc(-c3ccn(C)c3C)nn2)c1F. The Labute approximate surface area is 156 Å². The monoisotopic (exact) mass is 394 g/mol. The van der Waals surface area contributed by atoms with Crippen LogP contribution in [0.3, 0.4) is 0 Å². The van der Waals surface area contributed by atoms with Crippen molar-refractivity contribution < 1.29 is 17.2 Å². The van der Waals surface area contributed by atoms with Crippen molar-refractivity contribution >= 4 is 9.84 Å². The van der Waals surface area contributed by atoms with Gasteiger partial charge < -0.3 is 4.57 Å². The van der Waals surface area contributed by atoms with Gasteiger partial charge in [-0.1, -0.05) is 18.2 Å². The minimum atomic E-state index is -3.47. The second-order valence-electron chi connectivity index (χ2n) is 6.44. The molecule has 0 saturated heterocycles. The highest BCUT2D eigenvalue weighted by atomic mass is 32.2. The van der Waals surface area contributed by atoms with E-state index in [0.717, 1.165) is 28.1 Å². The Hall–Kier alpha value is -2.55. The van der Waals surface area contributed by atoms with Gasteiger partial charge in [0.1, 0.15) is 11.4 Å². The van der Waals surface area contributed by atoms with E-state index in [0.29, 0.717) is 12.1 Å². The third kappa shape index (κ3) is 3.78. The number of hydrogen-bond donors (Lipinski definition) is 0. The van der Waals surface area contributed by atoms with Crippen LogP contribution in [0.2, 0.25) is 0 Å². The molecule has 0 amide bonds. The van der Waals surface area contributed by atoms with Gasteiger partial charge in [0.05, 0.1) is 17.7 Å². The molecule has 6 nitrogen and oxygen atoms in total. The summed E-state index contributed by atoms with van der Waals surface area (Å²) in [5.41, 5.74) is 1.67. The lowest BCUT2D eigenvalue weighted by atomic mass is 10.2. The Bertz CT molecular complexity index is 1090. The van der Waals surface area contributed by atoms with Crippen LogP contribution >= 0.6 is 0 Å². The van der Waals surface area contributed by atoms with E-state index in [1.54, 1.807) is 6.92 Å². The molecule has 0 unspecified atom stereocenters. The summed E-state index contributed by atoms with van der Waals surface area (Å²) in [4.78, 5) is 0. The number of nitrogens with zero attached hydrogens (tertiary/aromatic N) is 4. The van der Waals surface area contributed by atoms with Crippen molar-refractivity contribution in [3.63, 3.8) is 0 Å². The molecule has 0 N–H and O–H groups in total. The van der Waals surface area contributed by atoms with Crippen molar-refractivity contribution in [2.75, 3.05) is 5.75 Å². The lowest BCUT2D eigenvalue weighted by molar-refractivity contribution is 0.547. The minimum absolute atomic E-state index is 0.0556. The Morgan fingerprint density at radius 1 is 1.19 bits per heavy atom. The number of sulfone groups is 1. The summed E-state index contributed by atoms with van der Waals surface area (Å²) in [6, 6.07) is 4.04. The van der Waals surface area contributed by atoms with Crippen LogP contribution in [-0.2, 0) is 22.6 Å². The Balaban J connectivity index is 2.02. The third-order valence-electron chi connectivity index (χ3n) is 4.42. The van der Waals surface area contributed by atoms with Gasteiger partial charge in [0, 0.05) is 30.1 Å². The molecular weight excluding hydrogens is 374 g/mol. The summed E-state index contributed by atoms with van der Waals surface area (Å²) in [7, 11) is -1.59. The molecule has 0 aliphatic carbocycles. The predicted octanol–water partition coefficient (Wildman–Crippen LogP) is 3.18. The number of hydrogen-bond acceptors (Lipinski definition) is 4. The highest BCUT2D eigenvalue weighted by Crippen LogP contribution is 2.26. The molecule has 0 aliphatic rings. The van der Waals surface area contributed by atoms with Gasteiger partial charge in [0.2, 0.25) is 0 Å². The fourth-order valence-corrected chi connectivity index (χ4v) is 4.36. The molecule has 0 atom stereocenters. The van der Waals surface area contributed by atoms with Crippen LogP contribution < -0.4 is 0 Å². The molecule has 144 valence electrons. The number of benzene rings is 1. The summed E-state index contributed by atoms with van der Waals surface area (Å²) in [5, 5.41) is 7.84. The molecule has 3 rings (SSSR count). The van der Waals surface area contributed by atoms with E-state index in [9.17, 15) is 17.2 Å². The molecule has 0 fully saturated rings. The van der Waals surface area contributed by atoms with Crippen LogP contribution in [0.5, 0.6) is 0 Å². The maximum atomic E-state index is 14.9. The lowest BCUT2D eigenvalue weighted by Gasteiger charge is -2.09. The summed E-state index contributed by atoms with van der Waals surface area (Å²) >= 11 is 0. The predicted molar refractivity (Wildman–Crippen MR) is 98.2 cm³/mol. The van der Waals surface area contributed by atoms with Crippen molar-refractivity contribution in [3.8, 4) is 16.9 Å². The summed E-state index contributed by atoms with van der Waals surface area (Å²) in [6.45, 7) is 3.63. The molecule has 0 radical (unpaired) electrons. The first-order chi connectivity index (χ1) is 12.7. The van der Waals surface area contributed by atoms with Gasteiger partial charge in [-0.25, -0.2) is 21.9 Å². The van der Waals surface area contributed by atoms with E-state index >= 15 is 0 Å². The highest BCUT2D eigenvalue weighted by molar-refractivity contribution is 7.90. The molecule has 1 aromatic carbocycles. The highest BCUT2D eigenvalue weighted by Gasteiger charge is 2.21. The first-order valence-electron chi connectivity index (χ1n) is 8.46. The summed E-state index contributed by atoms with van der Waals surface area (Å²) in [5.74, 6) is -2.33. The molecule has 3 aromatic rings. The van der Waals surface area contributed by atoms with Gasteiger partial charge in [0.15, 0.2) is 21.5 Å². The smallest absolute Gasteiger partial charge is 0.156 e. The van der Waals surface area contributed by atoms with Crippen LogP contribution in [0, 0.1) is 18.6 Å². The van der Waals surface area contributed by atoms with E-state index < -0.39 is 32.9 Å². The average Bonchev–Trinajstić information content (AvgIpc) is 3.18. The van der Waals surface area contributed by atoms with Gasteiger partial charge in [-0.2, -0.15) is 0 Å². The first kappa shape index (κ1) is 19.2. The Morgan fingerprint density at radius 3 is 2.56 bits per heavy atom. The second kappa shape index (κ2) is 7.22. The van der Waals surface area contributed by atoms with Crippen LogP contribution in [0.1, 0.15) is 24.6 Å². The van der Waals surface area contributed by atoms with Crippen LogP contribution in [0.4, 0.5) is 8.78 Å². The van der Waals surface area contributed by atoms with E-state index in [2.05, 4.69) is 10.3 Å². The molecular formula is C18H20F2N4O2S.